The summed E-state index contributed by atoms with van der Waals surface area (Å²) in [5, 5.41) is 0.938. The largest absolute Gasteiger partial charge is 0.335 e. The maximum absolute atomic E-state index is 13.0. The zero-order valence-electron chi connectivity index (χ0n) is 15.8. The van der Waals surface area contributed by atoms with Crippen molar-refractivity contribution in [3.05, 3.63) is 39.9 Å². The predicted octanol–water partition coefficient (Wildman–Crippen LogP) is 3.90. The molecule has 0 atom stereocenters. The maximum atomic E-state index is 13.0. The zero-order valence-corrected chi connectivity index (χ0v) is 16.6. The number of amides is 1. The van der Waals surface area contributed by atoms with E-state index in [0.717, 1.165) is 47.3 Å². The van der Waals surface area contributed by atoms with E-state index in [4.69, 9.17) is 0 Å². The van der Waals surface area contributed by atoms with E-state index >= 15 is 0 Å². The van der Waals surface area contributed by atoms with E-state index in [-0.39, 0.29) is 5.91 Å². The molecule has 1 fully saturated rings. The van der Waals surface area contributed by atoms with Gasteiger partial charge in [0, 0.05) is 37.8 Å². The van der Waals surface area contributed by atoms with Gasteiger partial charge < -0.3 is 4.90 Å². The molecule has 1 aromatic heterocycles. The highest BCUT2D eigenvalue weighted by Gasteiger charge is 2.26. The molecule has 0 unspecified atom stereocenters. The summed E-state index contributed by atoms with van der Waals surface area (Å²) in [7, 11) is 0. The number of thiazole rings is 1. The highest BCUT2D eigenvalue weighted by Crippen LogP contribution is 2.30. The molecule has 134 valence electrons. The molecule has 2 heterocycles. The Balaban J connectivity index is 1.79. The van der Waals surface area contributed by atoms with Crippen LogP contribution in [0, 0.1) is 20.8 Å². The topological polar surface area (TPSA) is 36.4 Å². The lowest BCUT2D eigenvalue weighted by Gasteiger charge is -2.36. The minimum absolute atomic E-state index is 0.133. The highest BCUT2D eigenvalue weighted by molar-refractivity contribution is 7.17. The summed E-state index contributed by atoms with van der Waals surface area (Å²) in [6, 6.07) is 6.98. The van der Waals surface area contributed by atoms with Crippen LogP contribution >= 0.6 is 11.3 Å². The number of nitrogens with zero attached hydrogens (tertiary/aromatic N) is 3. The van der Waals surface area contributed by atoms with Crippen molar-refractivity contribution in [2.45, 2.75) is 40.7 Å². The van der Waals surface area contributed by atoms with Gasteiger partial charge in [-0.05, 0) is 46.8 Å². The van der Waals surface area contributed by atoms with Gasteiger partial charge in [0.15, 0.2) is 0 Å². The maximum Gasteiger partial charge on any atom is 0.265 e. The standard InChI is InChI=1S/C20H27N3OS/c1-13(2)22-6-8-23(9-7-22)20(24)18-16(5)21-19(25-18)17-11-14(3)10-15(4)12-17/h10-13H,6-9H2,1-5H3. The van der Waals surface area contributed by atoms with Crippen LogP contribution in [0.3, 0.4) is 0 Å². The van der Waals surface area contributed by atoms with Crippen molar-refractivity contribution in [3.63, 3.8) is 0 Å². The van der Waals surface area contributed by atoms with Gasteiger partial charge in [-0.1, -0.05) is 17.2 Å². The summed E-state index contributed by atoms with van der Waals surface area (Å²) in [5.41, 5.74) is 4.39. The number of carbonyl (C=O) groups excluding carboxylic acids is 1. The SMILES string of the molecule is Cc1cc(C)cc(-c2nc(C)c(C(=O)N3CCN(C(C)C)CC3)s2)c1. The van der Waals surface area contributed by atoms with Crippen LogP contribution in [0.4, 0.5) is 0 Å². The Morgan fingerprint density at radius 3 is 2.20 bits per heavy atom. The van der Waals surface area contributed by atoms with E-state index in [9.17, 15) is 4.79 Å². The Morgan fingerprint density at radius 1 is 1.04 bits per heavy atom. The van der Waals surface area contributed by atoms with Crippen molar-refractivity contribution in [3.8, 4) is 10.6 Å². The second-order valence-electron chi connectivity index (χ2n) is 7.23. The molecular weight excluding hydrogens is 330 g/mol. The molecule has 0 bridgehead atoms. The van der Waals surface area contributed by atoms with Crippen LogP contribution < -0.4 is 0 Å². The molecule has 1 aromatic carbocycles. The van der Waals surface area contributed by atoms with Gasteiger partial charge in [0.2, 0.25) is 0 Å². The molecule has 0 aliphatic carbocycles. The molecule has 0 radical (unpaired) electrons. The van der Waals surface area contributed by atoms with Gasteiger partial charge in [0.25, 0.3) is 5.91 Å². The number of benzene rings is 1. The van der Waals surface area contributed by atoms with Gasteiger partial charge in [0.1, 0.15) is 9.88 Å². The number of rotatable bonds is 3. The normalized spacial score (nSPS) is 15.8. The third kappa shape index (κ3) is 3.93. The second kappa shape index (κ2) is 7.26. The van der Waals surface area contributed by atoms with Crippen molar-refractivity contribution < 1.29 is 4.79 Å². The number of piperazine rings is 1. The first-order valence-corrected chi connectivity index (χ1v) is 9.76. The van der Waals surface area contributed by atoms with E-state index in [1.54, 1.807) is 0 Å². The Kier molecular flexibility index (Phi) is 5.25. The first-order chi connectivity index (χ1) is 11.8. The molecule has 1 saturated heterocycles. The monoisotopic (exact) mass is 357 g/mol. The quantitative estimate of drug-likeness (QED) is 0.836. The van der Waals surface area contributed by atoms with Crippen molar-refractivity contribution in [2.75, 3.05) is 26.2 Å². The molecule has 0 spiro atoms. The third-order valence-electron chi connectivity index (χ3n) is 4.79. The Hall–Kier alpha value is -1.72. The summed E-state index contributed by atoms with van der Waals surface area (Å²) in [4.78, 5) is 22.8. The molecule has 4 nitrogen and oxygen atoms in total. The van der Waals surface area contributed by atoms with Crippen LogP contribution in [0.25, 0.3) is 10.6 Å². The lowest BCUT2D eigenvalue weighted by Crippen LogP contribution is -2.50. The first kappa shape index (κ1) is 18.1. The fourth-order valence-corrected chi connectivity index (χ4v) is 4.42. The molecule has 5 heteroatoms. The molecule has 25 heavy (non-hydrogen) atoms. The van der Waals surface area contributed by atoms with Crippen molar-refractivity contribution >= 4 is 17.2 Å². The van der Waals surface area contributed by atoms with E-state index in [1.165, 1.54) is 22.5 Å². The van der Waals surface area contributed by atoms with Crippen LogP contribution in [0.1, 0.15) is 40.3 Å². The van der Waals surface area contributed by atoms with Gasteiger partial charge in [-0.15, -0.1) is 11.3 Å². The summed E-state index contributed by atoms with van der Waals surface area (Å²) < 4.78 is 0. The third-order valence-corrected chi connectivity index (χ3v) is 5.99. The van der Waals surface area contributed by atoms with E-state index in [0.29, 0.717) is 6.04 Å². The predicted molar refractivity (Wildman–Crippen MR) is 104 cm³/mol. The average molecular weight is 358 g/mol. The fourth-order valence-electron chi connectivity index (χ4n) is 3.40. The number of carbonyl (C=O) groups is 1. The summed E-state index contributed by atoms with van der Waals surface area (Å²) in [5.74, 6) is 0.133. The second-order valence-corrected chi connectivity index (χ2v) is 8.23. The molecule has 0 N–H and O–H groups in total. The van der Waals surface area contributed by atoms with Gasteiger partial charge in [0.05, 0.1) is 5.69 Å². The number of hydrogen-bond donors (Lipinski definition) is 0. The van der Waals surface area contributed by atoms with Gasteiger partial charge in [-0.2, -0.15) is 0 Å². The minimum atomic E-state index is 0.133. The Bertz CT molecular complexity index is 753. The summed E-state index contributed by atoms with van der Waals surface area (Å²) in [6.07, 6.45) is 0. The summed E-state index contributed by atoms with van der Waals surface area (Å²) in [6.45, 7) is 14.0. The average Bonchev–Trinajstić information content (AvgIpc) is 2.95. The molecule has 2 aromatic rings. The van der Waals surface area contributed by atoms with Crippen LogP contribution in [-0.4, -0.2) is 52.9 Å². The molecule has 1 aliphatic rings. The smallest absolute Gasteiger partial charge is 0.265 e. The van der Waals surface area contributed by atoms with Gasteiger partial charge in [-0.25, -0.2) is 4.98 Å². The van der Waals surface area contributed by atoms with E-state index < -0.39 is 0 Å². The molecule has 1 amide bonds. The highest BCUT2D eigenvalue weighted by atomic mass is 32.1. The van der Waals surface area contributed by atoms with E-state index in [1.807, 2.05) is 11.8 Å². The van der Waals surface area contributed by atoms with Crippen LogP contribution in [0.15, 0.2) is 18.2 Å². The lowest BCUT2D eigenvalue weighted by atomic mass is 10.1. The number of aromatic nitrogens is 1. The number of hydrogen-bond acceptors (Lipinski definition) is 4. The van der Waals surface area contributed by atoms with E-state index in [2.05, 4.69) is 55.8 Å². The lowest BCUT2D eigenvalue weighted by molar-refractivity contribution is 0.0599. The van der Waals surface area contributed by atoms with Crippen molar-refractivity contribution in [1.29, 1.82) is 0 Å². The van der Waals surface area contributed by atoms with Gasteiger partial charge in [-0.3, -0.25) is 9.69 Å². The van der Waals surface area contributed by atoms with Crippen molar-refractivity contribution in [2.24, 2.45) is 0 Å². The van der Waals surface area contributed by atoms with Gasteiger partial charge >= 0.3 is 0 Å². The van der Waals surface area contributed by atoms with Crippen molar-refractivity contribution in [1.82, 2.24) is 14.8 Å². The molecular formula is C20H27N3OS. The molecule has 1 aliphatic heterocycles. The minimum Gasteiger partial charge on any atom is -0.335 e. The zero-order chi connectivity index (χ0) is 18.1. The van der Waals surface area contributed by atoms with Crippen LogP contribution in [-0.2, 0) is 0 Å². The summed E-state index contributed by atoms with van der Waals surface area (Å²) >= 11 is 1.52. The van der Waals surface area contributed by atoms with Crippen LogP contribution in [0.5, 0.6) is 0 Å². The van der Waals surface area contributed by atoms with Crippen LogP contribution in [0.2, 0.25) is 0 Å². The number of aryl methyl sites for hydroxylation is 3. The molecule has 0 saturated carbocycles. The molecule has 3 rings (SSSR count). The Labute approximate surface area is 154 Å². The Morgan fingerprint density at radius 2 is 1.64 bits per heavy atom. The first-order valence-electron chi connectivity index (χ1n) is 8.94. The fraction of sp³-hybridized carbons (Fsp3) is 0.500.